The van der Waals surface area contributed by atoms with Gasteiger partial charge in [-0.3, -0.25) is 5.10 Å². The number of hydrogen-bond acceptors (Lipinski definition) is 6. The number of ether oxygens (including phenoxy) is 1. The van der Waals surface area contributed by atoms with Gasteiger partial charge in [0.15, 0.2) is 5.82 Å². The van der Waals surface area contributed by atoms with Crippen molar-refractivity contribution in [3.63, 3.8) is 0 Å². The number of hydrogen-bond donors (Lipinski definition) is 1. The van der Waals surface area contributed by atoms with E-state index in [-0.39, 0.29) is 12.1 Å². The highest BCUT2D eigenvalue weighted by molar-refractivity contribution is 6.30. The van der Waals surface area contributed by atoms with Crippen LogP contribution in [0.2, 0.25) is 5.02 Å². The van der Waals surface area contributed by atoms with Gasteiger partial charge >= 0.3 is 0 Å². The highest BCUT2D eigenvalue weighted by atomic mass is 35.5. The molecule has 1 aliphatic carbocycles. The predicted molar refractivity (Wildman–Crippen MR) is 80.9 cm³/mol. The second kappa shape index (κ2) is 5.48. The lowest BCUT2D eigenvalue weighted by molar-refractivity contribution is 0.118. The van der Waals surface area contributed by atoms with Crippen LogP contribution >= 0.6 is 11.6 Å². The molecule has 1 N–H and O–H groups in total. The Morgan fingerprint density at radius 1 is 1.32 bits per heavy atom. The Kier molecular flexibility index (Phi) is 3.46. The van der Waals surface area contributed by atoms with E-state index in [1.54, 1.807) is 19.5 Å². The van der Waals surface area contributed by atoms with Crippen LogP contribution in [0, 0.1) is 0 Å². The van der Waals surface area contributed by atoms with E-state index in [9.17, 15) is 0 Å². The third-order valence-corrected chi connectivity index (χ3v) is 4.43. The van der Waals surface area contributed by atoms with Gasteiger partial charge in [-0.1, -0.05) is 11.6 Å². The Labute approximate surface area is 133 Å². The normalized spacial score (nSPS) is 24.9. The van der Waals surface area contributed by atoms with Crippen molar-refractivity contribution in [2.24, 2.45) is 0 Å². The molecule has 116 valence electrons. The van der Waals surface area contributed by atoms with E-state index in [0.717, 1.165) is 24.6 Å². The molecule has 2 atom stereocenters. The molecule has 2 aromatic heterocycles. The first-order valence-electron chi connectivity index (χ1n) is 7.43. The van der Waals surface area contributed by atoms with E-state index in [4.69, 9.17) is 16.3 Å². The summed E-state index contributed by atoms with van der Waals surface area (Å²) >= 11 is 5.88. The molecular weight excluding hydrogens is 304 g/mol. The Bertz CT molecular complexity index is 656. The van der Waals surface area contributed by atoms with Crippen LogP contribution in [0.15, 0.2) is 12.4 Å². The molecule has 7 nitrogen and oxygen atoms in total. The maximum Gasteiger partial charge on any atom is 0.226 e. The highest BCUT2D eigenvalue weighted by Gasteiger charge is 2.38. The fourth-order valence-corrected chi connectivity index (χ4v) is 2.96. The number of H-pyrrole nitrogens is 1. The predicted octanol–water partition coefficient (Wildman–Crippen LogP) is 2.09. The first-order valence-corrected chi connectivity index (χ1v) is 7.81. The molecule has 2 aliphatic rings. The Hall–Kier alpha value is -1.73. The van der Waals surface area contributed by atoms with Crippen molar-refractivity contribution in [3.05, 3.63) is 29.1 Å². The molecule has 22 heavy (non-hydrogen) atoms. The van der Waals surface area contributed by atoms with Gasteiger partial charge in [0.05, 0.1) is 29.6 Å². The van der Waals surface area contributed by atoms with Crippen LogP contribution < -0.4 is 4.90 Å². The Balaban J connectivity index is 1.63. The van der Waals surface area contributed by atoms with Gasteiger partial charge in [-0.15, -0.1) is 0 Å². The van der Waals surface area contributed by atoms with Crippen LogP contribution in [0.4, 0.5) is 5.95 Å². The Morgan fingerprint density at radius 3 is 2.77 bits per heavy atom. The zero-order valence-corrected chi connectivity index (χ0v) is 13.0. The van der Waals surface area contributed by atoms with Crippen molar-refractivity contribution < 1.29 is 4.74 Å². The van der Waals surface area contributed by atoms with Gasteiger partial charge in [0.1, 0.15) is 5.82 Å². The van der Waals surface area contributed by atoms with E-state index in [1.807, 2.05) is 0 Å². The van der Waals surface area contributed by atoms with Gasteiger partial charge in [0.25, 0.3) is 0 Å². The van der Waals surface area contributed by atoms with Gasteiger partial charge < -0.3 is 9.64 Å². The minimum absolute atomic E-state index is 0.0473. The molecule has 0 spiro atoms. The maximum absolute atomic E-state index is 5.88. The van der Waals surface area contributed by atoms with Crippen LogP contribution in [0.3, 0.4) is 0 Å². The number of halogens is 1. The third kappa shape index (κ3) is 2.55. The van der Waals surface area contributed by atoms with Gasteiger partial charge in [-0.05, 0) is 12.8 Å². The molecule has 3 heterocycles. The largest absolute Gasteiger partial charge is 0.380 e. The molecule has 0 radical (unpaired) electrons. The molecule has 2 aromatic rings. The van der Waals surface area contributed by atoms with Gasteiger partial charge in [-0.25, -0.2) is 15.0 Å². The summed E-state index contributed by atoms with van der Waals surface area (Å²) in [4.78, 5) is 15.4. The van der Waals surface area contributed by atoms with Crippen LogP contribution in [0.25, 0.3) is 0 Å². The zero-order valence-electron chi connectivity index (χ0n) is 12.2. The summed E-state index contributed by atoms with van der Waals surface area (Å²) in [5.41, 5.74) is 0. The topological polar surface area (TPSA) is 79.8 Å². The zero-order chi connectivity index (χ0) is 15.1. The molecule has 0 unspecified atom stereocenters. The Morgan fingerprint density at radius 2 is 2.09 bits per heavy atom. The molecule has 0 aromatic carbocycles. The second-order valence-corrected chi connectivity index (χ2v) is 6.25. The lowest BCUT2D eigenvalue weighted by Crippen LogP contribution is -2.27. The van der Waals surface area contributed by atoms with Crippen LogP contribution in [0.1, 0.15) is 42.9 Å². The minimum atomic E-state index is 0.0473. The number of aromatic nitrogens is 5. The second-order valence-electron chi connectivity index (χ2n) is 5.82. The highest BCUT2D eigenvalue weighted by Crippen LogP contribution is 2.39. The molecule has 1 saturated heterocycles. The van der Waals surface area contributed by atoms with Crippen molar-refractivity contribution in [1.82, 2.24) is 25.1 Å². The van der Waals surface area contributed by atoms with E-state index in [1.165, 1.54) is 12.8 Å². The summed E-state index contributed by atoms with van der Waals surface area (Å²) < 4.78 is 5.52. The first kappa shape index (κ1) is 13.9. The van der Waals surface area contributed by atoms with Gasteiger partial charge in [-0.2, -0.15) is 5.10 Å². The minimum Gasteiger partial charge on any atom is -0.380 e. The van der Waals surface area contributed by atoms with Crippen molar-refractivity contribution in [2.45, 2.75) is 37.3 Å². The summed E-state index contributed by atoms with van der Waals surface area (Å²) in [6.07, 6.45) is 6.55. The van der Waals surface area contributed by atoms with E-state index >= 15 is 0 Å². The van der Waals surface area contributed by atoms with Crippen LogP contribution in [0.5, 0.6) is 0 Å². The lowest BCUT2D eigenvalue weighted by Gasteiger charge is -2.22. The smallest absolute Gasteiger partial charge is 0.226 e. The standard InChI is InChI=1S/C14H17ClN6O/c1-22-10-4-11(13-18-12(19-20-13)8-2-3-8)21(7-10)14-16-5-9(15)6-17-14/h5-6,8,10-11H,2-4,7H2,1H3,(H,18,19,20)/t10-,11+/m1/s1. The summed E-state index contributed by atoms with van der Waals surface area (Å²) in [5, 5.41) is 7.96. The van der Waals surface area contributed by atoms with Gasteiger partial charge in [0, 0.05) is 26.0 Å². The average molecular weight is 321 g/mol. The fourth-order valence-electron chi connectivity index (χ4n) is 2.86. The van der Waals surface area contributed by atoms with E-state index in [0.29, 0.717) is 16.9 Å². The summed E-state index contributed by atoms with van der Waals surface area (Å²) in [6.45, 7) is 0.724. The quantitative estimate of drug-likeness (QED) is 0.929. The lowest BCUT2D eigenvalue weighted by atomic mass is 10.2. The molecule has 8 heteroatoms. The average Bonchev–Trinajstić information content (AvgIpc) is 3.12. The van der Waals surface area contributed by atoms with Gasteiger partial charge in [0.2, 0.25) is 5.95 Å². The maximum atomic E-state index is 5.88. The molecule has 2 fully saturated rings. The number of anilines is 1. The monoisotopic (exact) mass is 320 g/mol. The first-order chi connectivity index (χ1) is 10.7. The number of nitrogens with zero attached hydrogens (tertiary/aromatic N) is 5. The van der Waals surface area contributed by atoms with Crippen molar-refractivity contribution in [3.8, 4) is 0 Å². The van der Waals surface area contributed by atoms with Crippen molar-refractivity contribution in [1.29, 1.82) is 0 Å². The molecule has 0 amide bonds. The fraction of sp³-hybridized carbons (Fsp3) is 0.571. The van der Waals surface area contributed by atoms with Crippen molar-refractivity contribution in [2.75, 3.05) is 18.6 Å². The molecule has 4 rings (SSSR count). The number of aromatic amines is 1. The number of rotatable bonds is 4. The molecule has 0 bridgehead atoms. The van der Waals surface area contributed by atoms with Crippen LogP contribution in [-0.2, 0) is 4.74 Å². The number of methoxy groups -OCH3 is 1. The summed E-state index contributed by atoms with van der Waals surface area (Å²) in [7, 11) is 1.73. The van der Waals surface area contributed by atoms with Crippen LogP contribution in [-0.4, -0.2) is 44.9 Å². The molecular formula is C14H17ClN6O. The van der Waals surface area contributed by atoms with E-state index < -0.39 is 0 Å². The third-order valence-electron chi connectivity index (χ3n) is 4.24. The van der Waals surface area contributed by atoms with Crippen molar-refractivity contribution >= 4 is 17.5 Å². The van der Waals surface area contributed by atoms with E-state index in [2.05, 4.69) is 30.0 Å². The molecule has 1 aliphatic heterocycles. The summed E-state index contributed by atoms with van der Waals surface area (Å²) in [6, 6.07) is 0.0473. The number of nitrogens with one attached hydrogen (secondary N) is 1. The molecule has 1 saturated carbocycles. The summed E-state index contributed by atoms with van der Waals surface area (Å²) in [5.74, 6) is 2.95. The SMILES string of the molecule is CO[C@@H]1C[C@@H](c2nc(C3CC3)n[nH]2)N(c2ncc(Cl)cn2)C1.